The maximum Gasteiger partial charge on any atom is 0.241 e. The summed E-state index contributed by atoms with van der Waals surface area (Å²) in [6.07, 6.45) is 4.44. The van der Waals surface area contributed by atoms with Crippen molar-refractivity contribution < 1.29 is 4.52 Å². The predicted molar refractivity (Wildman–Crippen MR) is 112 cm³/mol. The van der Waals surface area contributed by atoms with E-state index in [9.17, 15) is 0 Å². The van der Waals surface area contributed by atoms with Crippen LogP contribution in [0, 0.1) is 6.92 Å². The molecule has 1 aromatic heterocycles. The molecule has 0 atom stereocenters. The molecule has 0 unspecified atom stereocenters. The normalized spacial score (nSPS) is 16.0. The van der Waals surface area contributed by atoms with E-state index in [4.69, 9.17) is 4.52 Å². The first kappa shape index (κ1) is 18.6. The molecule has 5 nitrogen and oxygen atoms in total. The molecule has 4 rings (SSSR count). The molecule has 0 N–H and O–H groups in total. The summed E-state index contributed by atoms with van der Waals surface area (Å²) in [5, 5.41) is 4.13. The largest absolute Gasteiger partial charge is 0.338 e. The second-order valence-electron chi connectivity index (χ2n) is 7.27. The Kier molecular flexibility index (Phi) is 5.95. The second kappa shape index (κ2) is 8.95. The van der Waals surface area contributed by atoms with Crippen molar-refractivity contribution >= 4 is 6.08 Å². The maximum atomic E-state index is 5.47. The molecular formula is C23H26N4O. The molecule has 1 saturated heterocycles. The van der Waals surface area contributed by atoms with E-state index in [-0.39, 0.29) is 0 Å². The standard InChI is InChI=1S/C23H26N4O/c1-19-9-11-21(12-10-19)23-24-22(28-25-23)18-27-16-14-26(15-17-27)13-5-8-20-6-3-2-4-7-20/h2-12H,13-18H2,1H3. The molecule has 0 radical (unpaired) electrons. The van der Waals surface area contributed by atoms with Crippen molar-refractivity contribution in [1.29, 1.82) is 0 Å². The average Bonchev–Trinajstić information content (AvgIpc) is 3.19. The smallest absolute Gasteiger partial charge is 0.241 e. The molecular weight excluding hydrogens is 348 g/mol. The van der Waals surface area contributed by atoms with Crippen molar-refractivity contribution in [2.45, 2.75) is 13.5 Å². The van der Waals surface area contributed by atoms with Gasteiger partial charge >= 0.3 is 0 Å². The third kappa shape index (κ3) is 4.94. The van der Waals surface area contributed by atoms with Gasteiger partial charge in [-0.15, -0.1) is 0 Å². The Balaban J connectivity index is 1.24. The fourth-order valence-corrected chi connectivity index (χ4v) is 3.36. The van der Waals surface area contributed by atoms with Crippen molar-refractivity contribution in [3.8, 4) is 11.4 Å². The van der Waals surface area contributed by atoms with E-state index in [1.54, 1.807) is 0 Å². The molecule has 0 spiro atoms. The van der Waals surface area contributed by atoms with Crippen LogP contribution in [-0.2, 0) is 6.54 Å². The second-order valence-corrected chi connectivity index (χ2v) is 7.27. The third-order valence-corrected chi connectivity index (χ3v) is 5.08. The van der Waals surface area contributed by atoms with E-state index >= 15 is 0 Å². The highest BCUT2D eigenvalue weighted by Crippen LogP contribution is 2.17. The molecule has 3 aromatic rings. The Morgan fingerprint density at radius 3 is 2.39 bits per heavy atom. The quantitative estimate of drug-likeness (QED) is 0.655. The lowest BCUT2D eigenvalue weighted by molar-refractivity contribution is 0.125. The molecule has 2 aromatic carbocycles. The van der Waals surface area contributed by atoms with E-state index in [1.807, 2.05) is 18.2 Å². The summed E-state index contributed by atoms with van der Waals surface area (Å²) in [5.41, 5.74) is 3.47. The lowest BCUT2D eigenvalue weighted by Gasteiger charge is -2.33. The summed E-state index contributed by atoms with van der Waals surface area (Å²) >= 11 is 0. The molecule has 1 aliphatic rings. The van der Waals surface area contributed by atoms with Crippen LogP contribution in [0.25, 0.3) is 17.5 Å². The van der Waals surface area contributed by atoms with Gasteiger partial charge in [0.05, 0.1) is 6.54 Å². The van der Waals surface area contributed by atoms with E-state index in [0.29, 0.717) is 18.3 Å². The van der Waals surface area contributed by atoms with Crippen LogP contribution in [0.4, 0.5) is 0 Å². The predicted octanol–water partition coefficient (Wildman–Crippen LogP) is 3.88. The number of hydrogen-bond donors (Lipinski definition) is 0. The summed E-state index contributed by atoms with van der Waals surface area (Å²) < 4.78 is 5.47. The topological polar surface area (TPSA) is 45.4 Å². The Morgan fingerprint density at radius 1 is 0.929 bits per heavy atom. The van der Waals surface area contributed by atoms with Crippen LogP contribution in [0.3, 0.4) is 0 Å². The molecule has 0 bridgehead atoms. The van der Waals surface area contributed by atoms with Gasteiger partial charge in [0.1, 0.15) is 0 Å². The Hall–Kier alpha value is -2.76. The van der Waals surface area contributed by atoms with Crippen molar-refractivity contribution in [3.63, 3.8) is 0 Å². The zero-order valence-electron chi connectivity index (χ0n) is 16.3. The molecule has 0 aliphatic carbocycles. The van der Waals surface area contributed by atoms with E-state index < -0.39 is 0 Å². The first-order valence-electron chi connectivity index (χ1n) is 9.82. The lowest BCUT2D eigenvalue weighted by atomic mass is 10.1. The van der Waals surface area contributed by atoms with Crippen LogP contribution in [0.5, 0.6) is 0 Å². The summed E-state index contributed by atoms with van der Waals surface area (Å²) in [5.74, 6) is 1.35. The minimum absolute atomic E-state index is 0.666. The highest BCUT2D eigenvalue weighted by atomic mass is 16.5. The molecule has 5 heteroatoms. The lowest BCUT2D eigenvalue weighted by Crippen LogP contribution is -2.45. The van der Waals surface area contributed by atoms with Crippen LogP contribution in [0.1, 0.15) is 17.0 Å². The van der Waals surface area contributed by atoms with E-state index in [2.05, 4.69) is 75.4 Å². The van der Waals surface area contributed by atoms with Gasteiger partial charge in [0, 0.05) is 38.3 Å². The van der Waals surface area contributed by atoms with Crippen LogP contribution >= 0.6 is 0 Å². The Labute approximate surface area is 166 Å². The SMILES string of the molecule is Cc1ccc(-c2noc(CN3CCN(CC=Cc4ccccc4)CC3)n2)cc1. The number of hydrogen-bond acceptors (Lipinski definition) is 5. The van der Waals surface area contributed by atoms with E-state index in [0.717, 1.165) is 38.3 Å². The summed E-state index contributed by atoms with van der Waals surface area (Å²) in [6.45, 7) is 7.91. The number of nitrogens with zero attached hydrogens (tertiary/aromatic N) is 4. The molecule has 0 saturated carbocycles. The van der Waals surface area contributed by atoms with Crippen LogP contribution in [0.15, 0.2) is 65.2 Å². The third-order valence-electron chi connectivity index (χ3n) is 5.08. The molecule has 2 heterocycles. The fraction of sp³-hybridized carbons (Fsp3) is 0.304. The Bertz CT molecular complexity index is 894. The van der Waals surface area contributed by atoms with Crippen molar-refractivity contribution in [2.75, 3.05) is 32.7 Å². The van der Waals surface area contributed by atoms with Crippen molar-refractivity contribution in [3.05, 3.63) is 77.7 Å². The van der Waals surface area contributed by atoms with Crippen LogP contribution < -0.4 is 0 Å². The Morgan fingerprint density at radius 2 is 1.64 bits per heavy atom. The van der Waals surface area contributed by atoms with Gasteiger partial charge in [-0.3, -0.25) is 9.80 Å². The highest BCUT2D eigenvalue weighted by molar-refractivity contribution is 5.54. The number of aromatic nitrogens is 2. The molecule has 0 amide bonds. The first-order valence-corrected chi connectivity index (χ1v) is 9.82. The van der Waals surface area contributed by atoms with Gasteiger partial charge in [-0.05, 0) is 12.5 Å². The van der Waals surface area contributed by atoms with Gasteiger partial charge in [-0.2, -0.15) is 4.98 Å². The van der Waals surface area contributed by atoms with Gasteiger partial charge in [0.15, 0.2) is 0 Å². The minimum atomic E-state index is 0.666. The first-order chi connectivity index (χ1) is 13.8. The van der Waals surface area contributed by atoms with Gasteiger partial charge in [0.25, 0.3) is 0 Å². The van der Waals surface area contributed by atoms with Crippen LogP contribution in [0.2, 0.25) is 0 Å². The van der Waals surface area contributed by atoms with Gasteiger partial charge in [0.2, 0.25) is 11.7 Å². The summed E-state index contributed by atoms with van der Waals surface area (Å²) in [7, 11) is 0. The van der Waals surface area contributed by atoms with Crippen LogP contribution in [-0.4, -0.2) is 52.7 Å². The fourth-order valence-electron chi connectivity index (χ4n) is 3.36. The highest BCUT2D eigenvalue weighted by Gasteiger charge is 2.18. The monoisotopic (exact) mass is 374 g/mol. The van der Waals surface area contributed by atoms with Gasteiger partial charge in [-0.25, -0.2) is 0 Å². The number of benzene rings is 2. The van der Waals surface area contributed by atoms with Gasteiger partial charge < -0.3 is 4.52 Å². The summed E-state index contributed by atoms with van der Waals surface area (Å²) in [6, 6.07) is 18.6. The molecule has 28 heavy (non-hydrogen) atoms. The number of piperazine rings is 1. The van der Waals surface area contributed by atoms with Crippen molar-refractivity contribution in [1.82, 2.24) is 19.9 Å². The molecule has 144 valence electrons. The minimum Gasteiger partial charge on any atom is -0.338 e. The number of rotatable bonds is 6. The van der Waals surface area contributed by atoms with Crippen molar-refractivity contribution in [2.24, 2.45) is 0 Å². The van der Waals surface area contributed by atoms with Gasteiger partial charge in [-0.1, -0.05) is 77.5 Å². The summed E-state index contributed by atoms with van der Waals surface area (Å²) in [4.78, 5) is 9.41. The molecule has 1 aliphatic heterocycles. The molecule has 1 fully saturated rings. The van der Waals surface area contributed by atoms with E-state index in [1.165, 1.54) is 11.1 Å². The number of aryl methyl sites for hydroxylation is 1. The average molecular weight is 374 g/mol. The maximum absolute atomic E-state index is 5.47. The zero-order chi connectivity index (χ0) is 19.2. The zero-order valence-corrected chi connectivity index (χ0v) is 16.3.